The molecule has 1 amide bonds. The molecule has 0 saturated carbocycles. The van der Waals surface area contributed by atoms with Gasteiger partial charge < -0.3 is 14.6 Å². The predicted octanol–water partition coefficient (Wildman–Crippen LogP) is 2.41. The van der Waals surface area contributed by atoms with E-state index in [1.165, 1.54) is 11.0 Å². The summed E-state index contributed by atoms with van der Waals surface area (Å²) >= 11 is 1.56. The Kier molecular flexibility index (Phi) is 4.95. The normalized spacial score (nSPS) is 10.6. The van der Waals surface area contributed by atoms with Crippen molar-refractivity contribution >= 4 is 34.1 Å². The van der Waals surface area contributed by atoms with Crippen LogP contribution in [0.1, 0.15) is 15.9 Å². The lowest BCUT2D eigenvalue weighted by molar-refractivity contribution is -0.133. The average molecular weight is 356 g/mol. The summed E-state index contributed by atoms with van der Waals surface area (Å²) in [5.41, 5.74) is 1.31. The zero-order valence-corrected chi connectivity index (χ0v) is 14.3. The Labute approximate surface area is 147 Å². The fourth-order valence-electron chi connectivity index (χ4n) is 2.43. The number of para-hydroxylation sites is 1. The van der Waals surface area contributed by atoms with Crippen LogP contribution in [0.4, 0.5) is 0 Å². The largest absolute Gasteiger partial charge is 0.452 e. The number of pyridine rings is 1. The van der Waals surface area contributed by atoms with E-state index in [1.807, 2.05) is 16.8 Å². The molecule has 0 atom stereocenters. The van der Waals surface area contributed by atoms with E-state index in [0.717, 1.165) is 5.56 Å². The molecule has 25 heavy (non-hydrogen) atoms. The van der Waals surface area contributed by atoms with Crippen molar-refractivity contribution in [2.75, 3.05) is 13.7 Å². The maximum atomic E-state index is 12.3. The van der Waals surface area contributed by atoms with Crippen molar-refractivity contribution in [3.05, 3.63) is 68.6 Å². The molecule has 1 aromatic carbocycles. The number of hydrogen-bond acceptors (Lipinski definition) is 5. The fraction of sp³-hybridized carbons (Fsp3) is 0.167. The number of amides is 1. The van der Waals surface area contributed by atoms with Gasteiger partial charge in [-0.3, -0.25) is 9.59 Å². The van der Waals surface area contributed by atoms with Crippen molar-refractivity contribution in [2.45, 2.75) is 6.54 Å². The van der Waals surface area contributed by atoms with Crippen LogP contribution in [0.5, 0.6) is 0 Å². The van der Waals surface area contributed by atoms with Crippen LogP contribution >= 0.6 is 11.3 Å². The van der Waals surface area contributed by atoms with E-state index in [-0.39, 0.29) is 18.1 Å². The number of ether oxygens (including phenoxy) is 1. The highest BCUT2D eigenvalue weighted by atomic mass is 32.1. The number of esters is 1. The summed E-state index contributed by atoms with van der Waals surface area (Å²) in [5.74, 6) is -1.01. The molecule has 7 heteroatoms. The molecule has 0 bridgehead atoms. The number of rotatable bonds is 5. The molecule has 0 aliphatic rings. The Morgan fingerprint density at radius 2 is 2.04 bits per heavy atom. The van der Waals surface area contributed by atoms with Crippen molar-refractivity contribution in [3.63, 3.8) is 0 Å². The molecular formula is C18H16N2O4S. The van der Waals surface area contributed by atoms with Crippen LogP contribution in [-0.4, -0.2) is 35.4 Å². The molecule has 0 aliphatic heterocycles. The second kappa shape index (κ2) is 7.31. The molecule has 1 N–H and O–H groups in total. The van der Waals surface area contributed by atoms with Gasteiger partial charge in [0.05, 0.1) is 5.56 Å². The van der Waals surface area contributed by atoms with Crippen molar-refractivity contribution in [2.24, 2.45) is 0 Å². The van der Waals surface area contributed by atoms with Gasteiger partial charge in [-0.1, -0.05) is 18.2 Å². The summed E-state index contributed by atoms with van der Waals surface area (Å²) in [6, 6.07) is 10.1. The number of aromatic amines is 1. The maximum absolute atomic E-state index is 12.3. The standard InChI is InChI=1S/C18H16N2O4S/c1-20(9-12-6-7-25-11-12)17(22)10-24-18(23)14-8-16(21)19-15-5-3-2-4-13(14)15/h2-8,11H,9-10H2,1H3,(H,19,21). The molecule has 6 nitrogen and oxygen atoms in total. The third-order valence-electron chi connectivity index (χ3n) is 3.72. The topological polar surface area (TPSA) is 79.5 Å². The number of aromatic nitrogens is 1. The zero-order valence-electron chi connectivity index (χ0n) is 13.5. The second-order valence-corrected chi connectivity index (χ2v) is 6.33. The van der Waals surface area contributed by atoms with Crippen LogP contribution < -0.4 is 5.56 Å². The number of benzene rings is 1. The van der Waals surface area contributed by atoms with Gasteiger partial charge >= 0.3 is 5.97 Å². The van der Waals surface area contributed by atoms with Gasteiger partial charge in [0, 0.05) is 30.6 Å². The van der Waals surface area contributed by atoms with Gasteiger partial charge in [0.15, 0.2) is 6.61 Å². The summed E-state index contributed by atoms with van der Waals surface area (Å²) in [6.45, 7) is 0.0778. The first kappa shape index (κ1) is 16.9. The van der Waals surface area contributed by atoms with E-state index in [9.17, 15) is 14.4 Å². The summed E-state index contributed by atoms with van der Waals surface area (Å²) < 4.78 is 5.11. The third kappa shape index (κ3) is 3.95. The molecule has 2 aromatic heterocycles. The van der Waals surface area contributed by atoms with E-state index in [4.69, 9.17) is 4.74 Å². The first-order valence-corrected chi connectivity index (χ1v) is 8.53. The quantitative estimate of drug-likeness (QED) is 0.712. The van der Waals surface area contributed by atoms with Gasteiger partial charge in [0.2, 0.25) is 5.56 Å². The highest BCUT2D eigenvalue weighted by molar-refractivity contribution is 7.07. The van der Waals surface area contributed by atoms with E-state index >= 15 is 0 Å². The van der Waals surface area contributed by atoms with Crippen LogP contribution in [0, 0.1) is 0 Å². The van der Waals surface area contributed by atoms with Gasteiger partial charge in [-0.15, -0.1) is 0 Å². The molecule has 3 aromatic rings. The van der Waals surface area contributed by atoms with E-state index in [0.29, 0.717) is 17.4 Å². The van der Waals surface area contributed by atoms with E-state index in [1.54, 1.807) is 42.6 Å². The number of fused-ring (bicyclic) bond motifs is 1. The number of carbonyl (C=O) groups excluding carboxylic acids is 2. The van der Waals surface area contributed by atoms with Crippen molar-refractivity contribution < 1.29 is 14.3 Å². The number of nitrogens with zero attached hydrogens (tertiary/aromatic N) is 1. The minimum Gasteiger partial charge on any atom is -0.452 e. The maximum Gasteiger partial charge on any atom is 0.339 e. The van der Waals surface area contributed by atoms with Crippen molar-refractivity contribution in [1.29, 1.82) is 0 Å². The number of nitrogens with one attached hydrogen (secondary N) is 1. The van der Waals surface area contributed by atoms with Gasteiger partial charge in [0.1, 0.15) is 0 Å². The van der Waals surface area contributed by atoms with Crippen LogP contribution in [0.2, 0.25) is 0 Å². The highest BCUT2D eigenvalue weighted by Gasteiger charge is 2.16. The predicted molar refractivity (Wildman–Crippen MR) is 95.6 cm³/mol. The smallest absolute Gasteiger partial charge is 0.339 e. The molecule has 2 heterocycles. The van der Waals surface area contributed by atoms with Crippen molar-refractivity contribution in [1.82, 2.24) is 9.88 Å². The van der Waals surface area contributed by atoms with Crippen LogP contribution in [0.25, 0.3) is 10.9 Å². The molecule has 0 aliphatic carbocycles. The van der Waals surface area contributed by atoms with Crippen LogP contribution in [0.15, 0.2) is 52.0 Å². The van der Waals surface area contributed by atoms with Gasteiger partial charge in [-0.2, -0.15) is 11.3 Å². The number of H-pyrrole nitrogens is 1. The highest BCUT2D eigenvalue weighted by Crippen LogP contribution is 2.15. The summed E-state index contributed by atoms with van der Waals surface area (Å²) in [4.78, 5) is 40.3. The number of carbonyl (C=O) groups is 2. The molecule has 0 unspecified atom stereocenters. The Morgan fingerprint density at radius 3 is 2.80 bits per heavy atom. The van der Waals surface area contributed by atoms with Crippen molar-refractivity contribution in [3.8, 4) is 0 Å². The molecule has 0 saturated heterocycles. The Bertz CT molecular complexity index is 963. The number of hydrogen-bond donors (Lipinski definition) is 1. The van der Waals surface area contributed by atoms with Gasteiger partial charge in [0.25, 0.3) is 5.91 Å². The lowest BCUT2D eigenvalue weighted by Gasteiger charge is -2.16. The Morgan fingerprint density at radius 1 is 1.24 bits per heavy atom. The SMILES string of the molecule is CN(Cc1ccsc1)C(=O)COC(=O)c1cc(=O)[nH]c2ccccc12. The van der Waals surface area contributed by atoms with Crippen LogP contribution in [-0.2, 0) is 16.1 Å². The minimum absolute atomic E-state index is 0.146. The lowest BCUT2D eigenvalue weighted by atomic mass is 10.1. The van der Waals surface area contributed by atoms with Crippen LogP contribution in [0.3, 0.4) is 0 Å². The first-order chi connectivity index (χ1) is 12.0. The monoisotopic (exact) mass is 356 g/mol. The van der Waals surface area contributed by atoms with Gasteiger partial charge in [-0.05, 0) is 28.5 Å². The van der Waals surface area contributed by atoms with Gasteiger partial charge in [-0.25, -0.2) is 4.79 Å². The lowest BCUT2D eigenvalue weighted by Crippen LogP contribution is -2.30. The fourth-order valence-corrected chi connectivity index (χ4v) is 3.09. The second-order valence-electron chi connectivity index (χ2n) is 5.55. The molecule has 0 fully saturated rings. The molecular weight excluding hydrogens is 340 g/mol. The third-order valence-corrected chi connectivity index (χ3v) is 4.45. The summed E-state index contributed by atoms with van der Waals surface area (Å²) in [5, 5.41) is 4.47. The average Bonchev–Trinajstić information content (AvgIpc) is 3.11. The first-order valence-electron chi connectivity index (χ1n) is 7.59. The molecule has 128 valence electrons. The molecule has 0 spiro atoms. The summed E-state index contributed by atoms with van der Waals surface area (Å²) in [7, 11) is 1.65. The molecule has 3 rings (SSSR count). The van der Waals surface area contributed by atoms with E-state index in [2.05, 4.69) is 4.98 Å². The Hall–Kier alpha value is -2.93. The zero-order chi connectivity index (χ0) is 17.8. The molecule has 0 radical (unpaired) electrons. The number of thiophene rings is 1. The summed E-state index contributed by atoms with van der Waals surface area (Å²) in [6.07, 6.45) is 0. The van der Waals surface area contributed by atoms with E-state index < -0.39 is 11.5 Å². The minimum atomic E-state index is -0.695. The number of likely N-dealkylation sites (N-methyl/N-ethyl adjacent to an activating group) is 1. The Balaban J connectivity index is 1.68.